The van der Waals surface area contributed by atoms with Gasteiger partial charge in [0.1, 0.15) is 5.82 Å². The lowest BCUT2D eigenvalue weighted by molar-refractivity contribution is 0.257. The zero-order chi connectivity index (χ0) is 10.4. The van der Waals surface area contributed by atoms with Gasteiger partial charge < -0.3 is 5.11 Å². The Bertz CT molecular complexity index is 273. The quantitative estimate of drug-likeness (QED) is 0.767. The van der Waals surface area contributed by atoms with Crippen molar-refractivity contribution in [3.05, 3.63) is 35.6 Å². The van der Waals surface area contributed by atoms with E-state index in [1.54, 1.807) is 6.07 Å². The highest BCUT2D eigenvalue weighted by Gasteiger charge is 2.09. The first kappa shape index (κ1) is 11.2. The van der Waals surface area contributed by atoms with Crippen LogP contribution in [0.4, 0.5) is 4.39 Å². The van der Waals surface area contributed by atoms with Gasteiger partial charge in [-0.1, -0.05) is 31.9 Å². The van der Waals surface area contributed by atoms with Crippen molar-refractivity contribution in [2.45, 2.75) is 32.1 Å². The lowest BCUT2D eigenvalue weighted by Crippen LogP contribution is -2.04. The third kappa shape index (κ3) is 3.11. The Balaban J connectivity index is 2.68. The van der Waals surface area contributed by atoms with Crippen LogP contribution in [0.25, 0.3) is 0 Å². The molecule has 0 saturated heterocycles. The van der Waals surface area contributed by atoms with E-state index < -0.39 is 0 Å². The summed E-state index contributed by atoms with van der Waals surface area (Å²) in [4.78, 5) is 0. The van der Waals surface area contributed by atoms with Gasteiger partial charge in [0.15, 0.2) is 0 Å². The molecule has 1 unspecified atom stereocenters. The Morgan fingerprint density at radius 2 is 2.21 bits per heavy atom. The smallest absolute Gasteiger partial charge is 0.123 e. The molecule has 0 bridgehead atoms. The average Bonchev–Trinajstić information content (AvgIpc) is 2.19. The number of aliphatic hydroxyl groups is 1. The third-order valence-electron chi connectivity index (χ3n) is 2.45. The van der Waals surface area contributed by atoms with Gasteiger partial charge >= 0.3 is 0 Å². The molecule has 2 heteroatoms. The molecule has 0 aromatic heterocycles. The highest BCUT2D eigenvalue weighted by atomic mass is 19.1. The molecule has 1 aromatic carbocycles. The van der Waals surface area contributed by atoms with Gasteiger partial charge in [-0.15, -0.1) is 0 Å². The van der Waals surface area contributed by atoms with Crippen LogP contribution in [0.3, 0.4) is 0 Å². The minimum Gasteiger partial charge on any atom is -0.396 e. The zero-order valence-corrected chi connectivity index (χ0v) is 8.54. The van der Waals surface area contributed by atoms with Gasteiger partial charge in [0.2, 0.25) is 0 Å². The van der Waals surface area contributed by atoms with E-state index in [1.807, 2.05) is 6.07 Å². The number of hydrogen-bond donors (Lipinski definition) is 1. The first-order chi connectivity index (χ1) is 6.77. The van der Waals surface area contributed by atoms with Crippen molar-refractivity contribution in [3.8, 4) is 0 Å². The molecule has 0 heterocycles. The first-order valence-corrected chi connectivity index (χ1v) is 5.14. The molecular weight excluding hydrogens is 179 g/mol. The number of aliphatic hydroxyl groups excluding tert-OH is 1. The second-order valence-electron chi connectivity index (χ2n) is 3.58. The standard InChI is InChI=1S/C12H17FO/c1-2-3-5-11(9-14)10-6-4-7-12(13)8-10/h4,6-8,11,14H,2-3,5,9H2,1H3. The minimum absolute atomic E-state index is 0.0886. The van der Waals surface area contributed by atoms with Gasteiger partial charge in [-0.25, -0.2) is 4.39 Å². The highest BCUT2D eigenvalue weighted by Crippen LogP contribution is 2.21. The molecule has 0 spiro atoms. The van der Waals surface area contributed by atoms with Gasteiger partial charge in [-0.2, -0.15) is 0 Å². The molecule has 1 N–H and O–H groups in total. The molecule has 0 saturated carbocycles. The fourth-order valence-electron chi connectivity index (χ4n) is 1.57. The summed E-state index contributed by atoms with van der Waals surface area (Å²) in [5.41, 5.74) is 0.904. The topological polar surface area (TPSA) is 20.2 Å². The maximum Gasteiger partial charge on any atom is 0.123 e. The number of hydrogen-bond acceptors (Lipinski definition) is 1. The Labute approximate surface area is 84.6 Å². The summed E-state index contributed by atoms with van der Waals surface area (Å²) in [6.45, 7) is 2.21. The predicted octanol–water partition coefficient (Wildman–Crippen LogP) is 3.09. The van der Waals surface area contributed by atoms with Crippen molar-refractivity contribution < 1.29 is 9.50 Å². The van der Waals surface area contributed by atoms with Crippen LogP contribution >= 0.6 is 0 Å². The van der Waals surface area contributed by atoms with Crippen LogP contribution < -0.4 is 0 Å². The van der Waals surface area contributed by atoms with Crippen molar-refractivity contribution in [1.82, 2.24) is 0 Å². The van der Waals surface area contributed by atoms with E-state index in [9.17, 15) is 9.50 Å². The second-order valence-corrected chi connectivity index (χ2v) is 3.58. The molecule has 0 fully saturated rings. The maximum atomic E-state index is 12.9. The molecule has 78 valence electrons. The molecule has 1 rings (SSSR count). The molecule has 1 nitrogen and oxygen atoms in total. The van der Waals surface area contributed by atoms with E-state index in [0.29, 0.717) is 0 Å². The number of unbranched alkanes of at least 4 members (excludes halogenated alkanes) is 1. The van der Waals surface area contributed by atoms with Crippen LogP contribution in [0.15, 0.2) is 24.3 Å². The van der Waals surface area contributed by atoms with Gasteiger partial charge in [0.25, 0.3) is 0 Å². The van der Waals surface area contributed by atoms with Crippen LogP contribution in [0.2, 0.25) is 0 Å². The van der Waals surface area contributed by atoms with E-state index in [-0.39, 0.29) is 18.3 Å². The van der Waals surface area contributed by atoms with E-state index >= 15 is 0 Å². The summed E-state index contributed by atoms with van der Waals surface area (Å²) < 4.78 is 12.9. The summed E-state index contributed by atoms with van der Waals surface area (Å²) in [5, 5.41) is 9.17. The largest absolute Gasteiger partial charge is 0.396 e. The molecule has 0 amide bonds. The average molecular weight is 196 g/mol. The van der Waals surface area contributed by atoms with Gasteiger partial charge in [-0.3, -0.25) is 0 Å². The van der Waals surface area contributed by atoms with Crippen molar-refractivity contribution in [1.29, 1.82) is 0 Å². The van der Waals surface area contributed by atoms with Crippen molar-refractivity contribution in [2.24, 2.45) is 0 Å². The van der Waals surface area contributed by atoms with Crippen LogP contribution in [-0.2, 0) is 0 Å². The van der Waals surface area contributed by atoms with Gasteiger partial charge in [0, 0.05) is 12.5 Å². The minimum atomic E-state index is -0.225. The fourth-order valence-corrected chi connectivity index (χ4v) is 1.57. The van der Waals surface area contributed by atoms with Gasteiger partial charge in [0.05, 0.1) is 0 Å². The summed E-state index contributed by atoms with van der Waals surface area (Å²) in [5.74, 6) is -0.136. The van der Waals surface area contributed by atoms with Crippen molar-refractivity contribution in [3.63, 3.8) is 0 Å². The van der Waals surface area contributed by atoms with E-state index in [2.05, 4.69) is 6.92 Å². The molecule has 14 heavy (non-hydrogen) atoms. The Hall–Kier alpha value is -0.890. The van der Waals surface area contributed by atoms with Crippen LogP contribution in [0.5, 0.6) is 0 Å². The summed E-state index contributed by atoms with van der Waals surface area (Å²) in [6.07, 6.45) is 3.10. The van der Waals surface area contributed by atoms with Crippen molar-refractivity contribution >= 4 is 0 Å². The molecule has 0 aliphatic carbocycles. The van der Waals surface area contributed by atoms with Crippen LogP contribution in [0.1, 0.15) is 37.7 Å². The molecule has 0 aliphatic rings. The van der Waals surface area contributed by atoms with E-state index in [4.69, 9.17) is 0 Å². The zero-order valence-electron chi connectivity index (χ0n) is 8.54. The lowest BCUT2D eigenvalue weighted by Gasteiger charge is -2.13. The van der Waals surface area contributed by atoms with Crippen molar-refractivity contribution in [2.75, 3.05) is 6.61 Å². The number of halogens is 1. The Morgan fingerprint density at radius 3 is 2.79 bits per heavy atom. The monoisotopic (exact) mass is 196 g/mol. The normalized spacial score (nSPS) is 12.8. The highest BCUT2D eigenvalue weighted by molar-refractivity contribution is 5.20. The molecule has 1 atom stereocenters. The number of benzene rings is 1. The Morgan fingerprint density at radius 1 is 1.43 bits per heavy atom. The summed E-state index contributed by atoms with van der Waals surface area (Å²) >= 11 is 0. The molecule has 1 aromatic rings. The lowest BCUT2D eigenvalue weighted by atomic mass is 9.94. The maximum absolute atomic E-state index is 12.9. The SMILES string of the molecule is CCCCC(CO)c1cccc(F)c1. The Kier molecular flexibility index (Phi) is 4.60. The molecule has 0 radical (unpaired) electrons. The molecule has 0 aliphatic heterocycles. The van der Waals surface area contributed by atoms with Crippen LogP contribution in [0, 0.1) is 5.82 Å². The number of rotatable bonds is 5. The summed E-state index contributed by atoms with van der Waals surface area (Å²) in [7, 11) is 0. The first-order valence-electron chi connectivity index (χ1n) is 5.14. The van der Waals surface area contributed by atoms with Crippen LogP contribution in [-0.4, -0.2) is 11.7 Å². The predicted molar refractivity (Wildman–Crippen MR) is 55.8 cm³/mol. The third-order valence-corrected chi connectivity index (χ3v) is 2.45. The van der Waals surface area contributed by atoms with E-state index in [0.717, 1.165) is 24.8 Å². The molecular formula is C12H17FO. The summed E-state index contributed by atoms with van der Waals surface area (Å²) in [6, 6.07) is 6.51. The van der Waals surface area contributed by atoms with Gasteiger partial charge in [-0.05, 0) is 24.1 Å². The fraction of sp³-hybridized carbons (Fsp3) is 0.500. The van der Waals surface area contributed by atoms with E-state index in [1.165, 1.54) is 12.1 Å². The second kappa shape index (κ2) is 5.76.